The van der Waals surface area contributed by atoms with Crippen LogP contribution in [0.3, 0.4) is 0 Å². The maximum atomic E-state index is 2.58. The molecule has 0 bridgehead atoms. The third-order valence-corrected chi connectivity index (χ3v) is 10.2. The predicted molar refractivity (Wildman–Crippen MR) is 72.7 cm³/mol. The molecule has 84 valence electrons. The summed E-state index contributed by atoms with van der Waals surface area (Å²) in [5.41, 5.74) is 2.26. The summed E-state index contributed by atoms with van der Waals surface area (Å²) in [6.07, 6.45) is 6.11. The third-order valence-electron chi connectivity index (χ3n) is 3.99. The van der Waals surface area contributed by atoms with Crippen molar-refractivity contribution in [2.45, 2.75) is 76.0 Å². The summed E-state index contributed by atoms with van der Waals surface area (Å²) < 4.78 is 0. The lowest BCUT2D eigenvalue weighted by atomic mass is 9.99. The van der Waals surface area contributed by atoms with Gasteiger partial charge in [-0.3, -0.25) is 0 Å². The van der Waals surface area contributed by atoms with E-state index >= 15 is 0 Å². The van der Waals surface area contributed by atoms with Crippen LogP contribution in [-0.2, 0) is 0 Å². The van der Waals surface area contributed by atoms with E-state index in [4.69, 9.17) is 0 Å². The molecule has 2 atom stereocenters. The molecule has 2 heteroatoms. The lowest BCUT2D eigenvalue weighted by molar-refractivity contribution is 0.482. The highest BCUT2D eigenvalue weighted by atomic mass is 28.3. The lowest BCUT2D eigenvalue weighted by Gasteiger charge is -2.45. The number of rotatable bonds is 2. The van der Waals surface area contributed by atoms with Crippen LogP contribution in [0.1, 0.15) is 25.7 Å². The van der Waals surface area contributed by atoms with Gasteiger partial charge in [0.05, 0.1) is 0 Å². The van der Waals surface area contributed by atoms with Crippen molar-refractivity contribution < 1.29 is 0 Å². The molecule has 1 aliphatic carbocycles. The molecule has 0 aromatic rings. The molecular weight excluding hydrogens is 200 g/mol. The second-order valence-electron chi connectivity index (χ2n) is 7.23. The molecule has 0 amide bonds. The van der Waals surface area contributed by atoms with Crippen LogP contribution in [0, 0.1) is 0 Å². The standard InChI is InChI=1S/C12H28Si2/c1-13(2,3)11-9-7-8-10-12(11)14(4,5)6/h11-12H,7-10H2,1-6H3/t11-,12-/m0/s1. The minimum atomic E-state index is -0.895. The van der Waals surface area contributed by atoms with Gasteiger partial charge in [-0.2, -0.15) is 0 Å². The average Bonchev–Trinajstić information content (AvgIpc) is 2.01. The van der Waals surface area contributed by atoms with Crippen molar-refractivity contribution in [1.82, 2.24) is 0 Å². The van der Waals surface area contributed by atoms with Crippen molar-refractivity contribution in [3.05, 3.63) is 0 Å². The zero-order valence-corrected chi connectivity index (χ0v) is 13.0. The summed E-state index contributed by atoms with van der Waals surface area (Å²) in [6, 6.07) is 0. The largest absolute Gasteiger partial charge is 0.0693 e. The van der Waals surface area contributed by atoms with Gasteiger partial charge >= 0.3 is 0 Å². The van der Waals surface area contributed by atoms with Crippen LogP contribution >= 0.6 is 0 Å². The molecule has 0 unspecified atom stereocenters. The van der Waals surface area contributed by atoms with Gasteiger partial charge in [0, 0.05) is 16.1 Å². The van der Waals surface area contributed by atoms with Gasteiger partial charge in [0.1, 0.15) is 0 Å². The molecule has 14 heavy (non-hydrogen) atoms. The van der Waals surface area contributed by atoms with Gasteiger partial charge in [-0.15, -0.1) is 0 Å². The van der Waals surface area contributed by atoms with Gasteiger partial charge in [-0.25, -0.2) is 0 Å². The monoisotopic (exact) mass is 228 g/mol. The van der Waals surface area contributed by atoms with Gasteiger partial charge in [0.2, 0.25) is 0 Å². The minimum Gasteiger partial charge on any atom is -0.0693 e. The lowest BCUT2D eigenvalue weighted by Crippen LogP contribution is -2.42. The van der Waals surface area contributed by atoms with E-state index in [2.05, 4.69) is 39.3 Å². The molecule has 0 aromatic carbocycles. The van der Waals surface area contributed by atoms with Crippen LogP contribution in [-0.4, -0.2) is 16.1 Å². The van der Waals surface area contributed by atoms with E-state index in [1.807, 2.05) is 0 Å². The highest BCUT2D eigenvalue weighted by molar-refractivity contribution is 6.83. The van der Waals surface area contributed by atoms with E-state index < -0.39 is 16.1 Å². The molecular formula is C12H28Si2. The van der Waals surface area contributed by atoms with Gasteiger partial charge < -0.3 is 0 Å². The fraction of sp³-hybridized carbons (Fsp3) is 1.00. The van der Waals surface area contributed by atoms with E-state index in [0.29, 0.717) is 0 Å². The normalized spacial score (nSPS) is 30.4. The molecule has 0 saturated heterocycles. The Bertz CT molecular complexity index is 163. The predicted octanol–water partition coefficient (Wildman–Crippen LogP) is 4.98. The molecule has 1 rings (SSSR count). The molecule has 1 saturated carbocycles. The first-order valence-corrected chi connectivity index (χ1v) is 13.4. The SMILES string of the molecule is C[Si](C)(C)[C@H]1CCCC[C@@H]1[Si](C)(C)C. The van der Waals surface area contributed by atoms with Crippen molar-refractivity contribution in [3.63, 3.8) is 0 Å². The Morgan fingerprint density at radius 2 is 0.929 bits per heavy atom. The number of hydrogen-bond acceptors (Lipinski definition) is 0. The Morgan fingerprint density at radius 3 is 1.14 bits per heavy atom. The zero-order chi connectivity index (χ0) is 11.0. The molecule has 0 heterocycles. The molecule has 1 aliphatic rings. The second kappa shape index (κ2) is 4.13. The summed E-state index contributed by atoms with van der Waals surface area (Å²) in [6.45, 7) is 15.5. The molecule has 0 aliphatic heterocycles. The van der Waals surface area contributed by atoms with Crippen LogP contribution < -0.4 is 0 Å². The summed E-state index contributed by atoms with van der Waals surface area (Å²) in [4.78, 5) is 0. The zero-order valence-electron chi connectivity index (χ0n) is 11.0. The highest BCUT2D eigenvalue weighted by Gasteiger charge is 2.41. The van der Waals surface area contributed by atoms with Crippen LogP contribution in [0.2, 0.25) is 50.4 Å². The first kappa shape index (κ1) is 12.5. The smallest absolute Gasteiger partial charge is 0.0473 e. The van der Waals surface area contributed by atoms with Crippen LogP contribution in [0.4, 0.5) is 0 Å². The quantitative estimate of drug-likeness (QED) is 0.585. The summed E-state index contributed by atoms with van der Waals surface area (Å²) in [5, 5.41) is 0. The Morgan fingerprint density at radius 1 is 0.643 bits per heavy atom. The Kier molecular flexibility index (Phi) is 3.69. The summed E-state index contributed by atoms with van der Waals surface area (Å²) >= 11 is 0. The van der Waals surface area contributed by atoms with Crippen LogP contribution in [0.5, 0.6) is 0 Å². The topological polar surface area (TPSA) is 0 Å². The third kappa shape index (κ3) is 2.96. The maximum absolute atomic E-state index is 2.58. The first-order chi connectivity index (χ1) is 6.23. The van der Waals surface area contributed by atoms with E-state index in [-0.39, 0.29) is 0 Å². The maximum Gasteiger partial charge on any atom is 0.0473 e. The van der Waals surface area contributed by atoms with Crippen molar-refractivity contribution in [1.29, 1.82) is 0 Å². The molecule has 0 N–H and O–H groups in total. The summed E-state index contributed by atoms with van der Waals surface area (Å²) in [7, 11) is -1.79. The van der Waals surface area contributed by atoms with Crippen LogP contribution in [0.15, 0.2) is 0 Å². The van der Waals surface area contributed by atoms with Crippen molar-refractivity contribution in [2.24, 2.45) is 0 Å². The fourth-order valence-corrected chi connectivity index (χ4v) is 11.1. The van der Waals surface area contributed by atoms with Crippen molar-refractivity contribution in [3.8, 4) is 0 Å². The molecule has 0 aromatic heterocycles. The Hall–Kier alpha value is 0.434. The molecule has 0 radical (unpaired) electrons. The van der Waals surface area contributed by atoms with E-state index in [1.165, 1.54) is 12.8 Å². The highest BCUT2D eigenvalue weighted by Crippen LogP contribution is 2.49. The molecule has 0 nitrogen and oxygen atoms in total. The Labute approximate surface area is 92.5 Å². The van der Waals surface area contributed by atoms with Gasteiger partial charge in [-0.05, 0) is 11.1 Å². The minimum absolute atomic E-state index is 0.895. The van der Waals surface area contributed by atoms with Gasteiger partial charge in [0.25, 0.3) is 0 Å². The molecule has 1 fully saturated rings. The average molecular weight is 229 g/mol. The first-order valence-electron chi connectivity index (χ1n) is 6.23. The van der Waals surface area contributed by atoms with Gasteiger partial charge in [-0.1, -0.05) is 65.0 Å². The Balaban J connectivity index is 2.80. The fourth-order valence-electron chi connectivity index (χ4n) is 3.20. The van der Waals surface area contributed by atoms with E-state index in [9.17, 15) is 0 Å². The van der Waals surface area contributed by atoms with E-state index in [1.54, 1.807) is 12.8 Å². The van der Waals surface area contributed by atoms with E-state index in [0.717, 1.165) is 11.1 Å². The van der Waals surface area contributed by atoms with Gasteiger partial charge in [0.15, 0.2) is 0 Å². The number of hydrogen-bond donors (Lipinski definition) is 0. The van der Waals surface area contributed by atoms with Crippen molar-refractivity contribution >= 4 is 16.1 Å². The summed E-state index contributed by atoms with van der Waals surface area (Å²) in [5.74, 6) is 0. The molecule has 0 spiro atoms. The second-order valence-corrected chi connectivity index (χ2v) is 18.2. The van der Waals surface area contributed by atoms with Crippen molar-refractivity contribution in [2.75, 3.05) is 0 Å². The van der Waals surface area contributed by atoms with Crippen LogP contribution in [0.25, 0.3) is 0 Å².